The van der Waals surface area contributed by atoms with Gasteiger partial charge in [0, 0.05) is 43.8 Å². The van der Waals surface area contributed by atoms with Gasteiger partial charge in [-0.1, -0.05) is 115 Å². The minimum absolute atomic E-state index is 0.667. The first kappa shape index (κ1) is 28.3. The Hall–Kier alpha value is -6.78. The van der Waals surface area contributed by atoms with E-state index in [1.165, 1.54) is 5.56 Å². The first-order valence-electron chi connectivity index (χ1n) is 16.7. The molecule has 0 fully saturated rings. The molecule has 0 aliphatic rings. The van der Waals surface area contributed by atoms with E-state index in [9.17, 15) is 0 Å². The molecule has 3 heterocycles. The zero-order valence-electron chi connectivity index (χ0n) is 26.9. The summed E-state index contributed by atoms with van der Waals surface area (Å²) in [5, 5.41) is 4.25. The Kier molecular flexibility index (Phi) is 6.46. The molecule has 0 N–H and O–H groups in total. The second kappa shape index (κ2) is 11.4. The van der Waals surface area contributed by atoms with E-state index in [0.29, 0.717) is 5.82 Å². The quantitative estimate of drug-likeness (QED) is 0.188. The summed E-state index contributed by atoms with van der Waals surface area (Å²) < 4.78 is 12.8. The molecule has 0 atom stereocenters. The molecule has 10 aromatic rings. The van der Waals surface area contributed by atoms with E-state index in [1.54, 1.807) is 0 Å². The highest BCUT2D eigenvalue weighted by Crippen LogP contribution is 2.41. The lowest BCUT2D eigenvalue weighted by Crippen LogP contribution is -1.96. The van der Waals surface area contributed by atoms with Crippen molar-refractivity contribution >= 4 is 43.9 Å². The van der Waals surface area contributed by atoms with Crippen molar-refractivity contribution in [3.05, 3.63) is 170 Å². The van der Waals surface area contributed by atoms with Gasteiger partial charge in [-0.25, -0.2) is 9.97 Å². The van der Waals surface area contributed by atoms with Crippen LogP contribution < -0.4 is 0 Å². The highest BCUT2D eigenvalue weighted by Gasteiger charge is 2.18. The molecule has 0 saturated carbocycles. The number of hydrogen-bond donors (Lipinski definition) is 0. The van der Waals surface area contributed by atoms with Gasteiger partial charge in [-0.15, -0.1) is 0 Å². The molecule has 0 aliphatic heterocycles. The average Bonchev–Trinajstić information content (AvgIpc) is 3.76. The van der Waals surface area contributed by atoms with Crippen LogP contribution in [0.2, 0.25) is 0 Å². The summed E-state index contributed by atoms with van der Waals surface area (Å²) in [6.07, 6.45) is 0. The van der Waals surface area contributed by atoms with E-state index in [2.05, 4.69) is 121 Å². The SMILES string of the molecule is c1ccc(-c2ccc3oc4ccc(-c5cc(-c6cc(-c7ccccc7)c7oc8ccccc8c7c6)nc(-c6ccccc6)n5)cc4c3c2)cc1. The van der Waals surface area contributed by atoms with E-state index in [0.717, 1.165) is 88.6 Å². The predicted octanol–water partition coefficient (Wildman–Crippen LogP) is 12.6. The topological polar surface area (TPSA) is 52.1 Å². The lowest BCUT2D eigenvalue weighted by molar-refractivity contribution is 0.669. The first-order chi connectivity index (χ1) is 24.7. The highest BCUT2D eigenvalue weighted by molar-refractivity contribution is 6.11. The Morgan fingerprint density at radius 3 is 1.58 bits per heavy atom. The van der Waals surface area contributed by atoms with Crippen molar-refractivity contribution < 1.29 is 8.83 Å². The molecule has 234 valence electrons. The average molecular weight is 641 g/mol. The number of aromatic nitrogens is 2. The fourth-order valence-electron chi connectivity index (χ4n) is 7.01. The molecule has 0 aliphatic carbocycles. The maximum Gasteiger partial charge on any atom is 0.160 e. The largest absolute Gasteiger partial charge is 0.456 e. The summed E-state index contributed by atoms with van der Waals surface area (Å²) in [6.45, 7) is 0. The number of rotatable bonds is 5. The minimum Gasteiger partial charge on any atom is -0.456 e. The molecule has 0 saturated heterocycles. The number of nitrogens with zero attached hydrogens (tertiary/aromatic N) is 2. The molecule has 3 aromatic heterocycles. The Bertz CT molecular complexity index is 2850. The molecular formula is C46H28N2O2. The Morgan fingerprint density at radius 2 is 0.860 bits per heavy atom. The molecule has 0 amide bonds. The van der Waals surface area contributed by atoms with Crippen molar-refractivity contribution in [1.29, 1.82) is 0 Å². The fraction of sp³-hybridized carbons (Fsp3) is 0. The summed E-state index contributed by atoms with van der Waals surface area (Å²) in [6, 6.07) is 58.5. The van der Waals surface area contributed by atoms with E-state index in [4.69, 9.17) is 18.8 Å². The van der Waals surface area contributed by atoms with Crippen LogP contribution in [-0.4, -0.2) is 9.97 Å². The van der Waals surface area contributed by atoms with Crippen LogP contribution in [0, 0.1) is 0 Å². The second-order valence-corrected chi connectivity index (χ2v) is 12.6. The maximum absolute atomic E-state index is 6.48. The van der Waals surface area contributed by atoms with Crippen molar-refractivity contribution in [1.82, 2.24) is 9.97 Å². The number of para-hydroxylation sites is 1. The number of furan rings is 2. The maximum atomic E-state index is 6.48. The van der Waals surface area contributed by atoms with Gasteiger partial charge in [0.2, 0.25) is 0 Å². The van der Waals surface area contributed by atoms with Gasteiger partial charge in [-0.2, -0.15) is 0 Å². The smallest absolute Gasteiger partial charge is 0.160 e. The third-order valence-electron chi connectivity index (χ3n) is 9.49. The van der Waals surface area contributed by atoms with Gasteiger partial charge in [0.05, 0.1) is 11.4 Å². The van der Waals surface area contributed by atoms with E-state index < -0.39 is 0 Å². The van der Waals surface area contributed by atoms with Crippen LogP contribution in [-0.2, 0) is 0 Å². The summed E-state index contributed by atoms with van der Waals surface area (Å²) in [4.78, 5) is 10.4. The molecule has 0 radical (unpaired) electrons. The predicted molar refractivity (Wildman–Crippen MR) is 204 cm³/mol. The molecule has 7 aromatic carbocycles. The minimum atomic E-state index is 0.667. The van der Waals surface area contributed by atoms with Crippen LogP contribution >= 0.6 is 0 Å². The van der Waals surface area contributed by atoms with Crippen LogP contribution in [0.25, 0.3) is 100 Å². The van der Waals surface area contributed by atoms with Crippen molar-refractivity contribution in [3.63, 3.8) is 0 Å². The molecule has 50 heavy (non-hydrogen) atoms. The standard InChI is InChI=1S/C46H28N2O2/c1-4-12-29(13-5-1)32-20-22-43-37(24-32)38-25-33(21-23-44(38)49-43)40-28-41(48-46(47-40)31-16-8-3-9-17-31)34-26-36(30-14-6-2-7-15-30)45-39(27-34)35-18-10-11-19-42(35)50-45/h1-28H. The Morgan fingerprint density at radius 1 is 0.320 bits per heavy atom. The van der Waals surface area contributed by atoms with Gasteiger partial charge in [0.1, 0.15) is 22.3 Å². The summed E-state index contributed by atoms with van der Waals surface area (Å²) in [5.41, 5.74) is 12.5. The second-order valence-electron chi connectivity index (χ2n) is 12.6. The number of fused-ring (bicyclic) bond motifs is 6. The Labute approximate surface area is 287 Å². The molecule has 0 unspecified atom stereocenters. The number of hydrogen-bond acceptors (Lipinski definition) is 4. The third kappa shape index (κ3) is 4.77. The van der Waals surface area contributed by atoms with Crippen LogP contribution in [0.15, 0.2) is 179 Å². The van der Waals surface area contributed by atoms with E-state index in [1.807, 2.05) is 48.5 Å². The molecule has 0 spiro atoms. The third-order valence-corrected chi connectivity index (χ3v) is 9.49. The molecule has 4 heteroatoms. The zero-order chi connectivity index (χ0) is 33.0. The zero-order valence-corrected chi connectivity index (χ0v) is 26.9. The monoisotopic (exact) mass is 640 g/mol. The lowest BCUT2D eigenvalue weighted by Gasteiger charge is -2.11. The van der Waals surface area contributed by atoms with Gasteiger partial charge < -0.3 is 8.83 Å². The lowest BCUT2D eigenvalue weighted by atomic mass is 9.97. The summed E-state index contributed by atoms with van der Waals surface area (Å²) in [7, 11) is 0. The number of benzene rings is 7. The van der Waals surface area contributed by atoms with Gasteiger partial charge in [0.15, 0.2) is 5.82 Å². The Balaban J connectivity index is 1.19. The molecule has 0 bridgehead atoms. The van der Waals surface area contributed by atoms with Gasteiger partial charge in [-0.3, -0.25) is 0 Å². The van der Waals surface area contributed by atoms with Crippen molar-refractivity contribution in [3.8, 4) is 56.2 Å². The normalized spacial score (nSPS) is 11.6. The van der Waals surface area contributed by atoms with E-state index in [-0.39, 0.29) is 0 Å². The van der Waals surface area contributed by atoms with Gasteiger partial charge in [0.25, 0.3) is 0 Å². The van der Waals surface area contributed by atoms with Gasteiger partial charge >= 0.3 is 0 Å². The van der Waals surface area contributed by atoms with Gasteiger partial charge in [-0.05, 0) is 71.3 Å². The van der Waals surface area contributed by atoms with E-state index >= 15 is 0 Å². The van der Waals surface area contributed by atoms with Crippen LogP contribution in [0.5, 0.6) is 0 Å². The summed E-state index contributed by atoms with van der Waals surface area (Å²) in [5.74, 6) is 0.667. The molecular weight excluding hydrogens is 613 g/mol. The summed E-state index contributed by atoms with van der Waals surface area (Å²) >= 11 is 0. The first-order valence-corrected chi connectivity index (χ1v) is 16.7. The van der Waals surface area contributed by atoms with Crippen LogP contribution in [0.4, 0.5) is 0 Å². The van der Waals surface area contributed by atoms with Crippen molar-refractivity contribution in [2.75, 3.05) is 0 Å². The van der Waals surface area contributed by atoms with Crippen molar-refractivity contribution in [2.45, 2.75) is 0 Å². The van der Waals surface area contributed by atoms with Crippen LogP contribution in [0.1, 0.15) is 0 Å². The highest BCUT2D eigenvalue weighted by atomic mass is 16.3. The van der Waals surface area contributed by atoms with Crippen molar-refractivity contribution in [2.24, 2.45) is 0 Å². The molecule has 4 nitrogen and oxygen atoms in total. The fourth-order valence-corrected chi connectivity index (χ4v) is 7.01. The molecule has 10 rings (SSSR count). The van der Waals surface area contributed by atoms with Crippen LogP contribution in [0.3, 0.4) is 0 Å².